The minimum atomic E-state index is -0.564. The third kappa shape index (κ3) is 3.62. The van der Waals surface area contributed by atoms with Gasteiger partial charge in [0.1, 0.15) is 0 Å². The molecule has 1 nitrogen and oxygen atoms in total. The Morgan fingerprint density at radius 3 is 1.50 bits per heavy atom. The molecular formula is C20H20NP. The van der Waals surface area contributed by atoms with Gasteiger partial charge in [-0.15, -0.1) is 0 Å². The van der Waals surface area contributed by atoms with Crippen molar-refractivity contribution >= 4 is 18.7 Å². The van der Waals surface area contributed by atoms with Crippen LogP contribution in [0.5, 0.6) is 0 Å². The summed E-state index contributed by atoms with van der Waals surface area (Å²) in [5.41, 5.74) is 1.32. The molecule has 3 rings (SSSR count). The lowest BCUT2D eigenvalue weighted by molar-refractivity contribution is 0.749. The fourth-order valence-electron chi connectivity index (χ4n) is 2.46. The summed E-state index contributed by atoms with van der Waals surface area (Å²) in [5.74, 6) is 0. The van der Waals surface area contributed by atoms with Crippen molar-refractivity contribution in [1.82, 2.24) is 5.09 Å². The first kappa shape index (κ1) is 15.0. The number of nitrogens with one attached hydrogen (secondary N) is 1. The van der Waals surface area contributed by atoms with E-state index in [0.717, 1.165) is 0 Å². The first-order valence-corrected chi connectivity index (χ1v) is 8.90. The van der Waals surface area contributed by atoms with Crippen molar-refractivity contribution in [3.8, 4) is 0 Å². The van der Waals surface area contributed by atoms with E-state index in [9.17, 15) is 0 Å². The molecule has 1 atom stereocenters. The summed E-state index contributed by atoms with van der Waals surface area (Å²) in [6, 6.07) is 32.4. The predicted octanol–water partition coefficient (Wildman–Crippen LogP) is 4.39. The quantitative estimate of drug-likeness (QED) is 0.690. The minimum Gasteiger partial charge on any atom is -0.282 e. The van der Waals surface area contributed by atoms with Gasteiger partial charge in [0.15, 0.2) is 0 Å². The molecule has 0 saturated carbocycles. The van der Waals surface area contributed by atoms with Gasteiger partial charge in [0, 0.05) is 14.1 Å². The molecule has 0 aromatic heterocycles. The highest BCUT2D eigenvalue weighted by atomic mass is 31.1. The number of rotatable bonds is 5. The van der Waals surface area contributed by atoms with Crippen LogP contribution in [0, 0.1) is 0 Å². The Morgan fingerprint density at radius 1 is 0.636 bits per heavy atom. The average Bonchev–Trinajstić information content (AvgIpc) is 2.62. The van der Waals surface area contributed by atoms with Gasteiger partial charge in [0.25, 0.3) is 0 Å². The lowest BCUT2D eigenvalue weighted by atomic mass is 10.1. The molecule has 0 unspecified atom stereocenters. The van der Waals surface area contributed by atoms with Crippen LogP contribution < -0.4 is 15.7 Å². The van der Waals surface area contributed by atoms with Gasteiger partial charge in [-0.2, -0.15) is 0 Å². The first-order chi connectivity index (χ1) is 10.8. The smallest absolute Gasteiger partial charge is 0.0333 e. The summed E-state index contributed by atoms with van der Waals surface area (Å²) in [4.78, 5) is 0. The van der Waals surface area contributed by atoms with E-state index in [-0.39, 0.29) is 0 Å². The van der Waals surface area contributed by atoms with Crippen LogP contribution in [-0.4, -0.2) is 0 Å². The molecule has 0 aliphatic carbocycles. The standard InChI is InChI=1S/C20H20NP/c1-17(18-11-5-2-6-12-18)21-22(19-13-7-3-8-14-19)20-15-9-4-10-16-20/h2-17,21H,1H3/t17-/m1/s1. The maximum absolute atomic E-state index is 3.83. The molecule has 3 aromatic carbocycles. The molecule has 0 aliphatic rings. The molecule has 22 heavy (non-hydrogen) atoms. The molecule has 0 radical (unpaired) electrons. The second-order valence-corrected chi connectivity index (χ2v) is 7.23. The number of hydrogen-bond donors (Lipinski definition) is 1. The second kappa shape index (κ2) is 7.35. The van der Waals surface area contributed by atoms with Crippen LogP contribution in [0.15, 0.2) is 91.0 Å². The third-order valence-corrected chi connectivity index (χ3v) is 5.93. The fourth-order valence-corrected chi connectivity index (χ4v) is 4.54. The molecule has 1 N–H and O–H groups in total. The Bertz CT molecular complexity index is 643. The van der Waals surface area contributed by atoms with Gasteiger partial charge in [0.05, 0.1) is 0 Å². The summed E-state index contributed by atoms with van der Waals surface area (Å²) in [6.07, 6.45) is 0. The Hall–Kier alpha value is -1.95. The monoisotopic (exact) mass is 305 g/mol. The van der Waals surface area contributed by atoms with Crippen LogP contribution in [0.2, 0.25) is 0 Å². The highest BCUT2D eigenvalue weighted by Gasteiger charge is 2.16. The van der Waals surface area contributed by atoms with Crippen LogP contribution in [0.3, 0.4) is 0 Å². The molecule has 0 spiro atoms. The molecule has 0 fully saturated rings. The van der Waals surface area contributed by atoms with Crippen molar-refractivity contribution in [1.29, 1.82) is 0 Å². The lowest BCUT2D eigenvalue weighted by Crippen LogP contribution is -2.25. The minimum absolute atomic E-state index is 0.313. The SMILES string of the molecule is C[C@@H](NP(c1ccccc1)c1ccccc1)c1ccccc1. The lowest BCUT2D eigenvalue weighted by Gasteiger charge is -2.24. The van der Waals surface area contributed by atoms with Crippen molar-refractivity contribution in [2.24, 2.45) is 0 Å². The highest BCUT2D eigenvalue weighted by Crippen LogP contribution is 2.32. The zero-order valence-corrected chi connectivity index (χ0v) is 13.6. The topological polar surface area (TPSA) is 12.0 Å². The Morgan fingerprint density at radius 2 is 1.05 bits per heavy atom. The van der Waals surface area contributed by atoms with E-state index in [1.54, 1.807) is 0 Å². The first-order valence-electron chi connectivity index (χ1n) is 7.56. The Labute approximate surface area is 133 Å². The maximum Gasteiger partial charge on any atom is 0.0333 e. The highest BCUT2D eigenvalue weighted by molar-refractivity contribution is 7.71. The van der Waals surface area contributed by atoms with Crippen molar-refractivity contribution in [3.63, 3.8) is 0 Å². The van der Waals surface area contributed by atoms with Crippen molar-refractivity contribution < 1.29 is 0 Å². The third-order valence-electron chi connectivity index (χ3n) is 3.65. The zero-order valence-electron chi connectivity index (χ0n) is 12.7. The van der Waals surface area contributed by atoms with E-state index in [2.05, 4.69) is 103 Å². The van der Waals surface area contributed by atoms with Gasteiger partial charge in [0.2, 0.25) is 0 Å². The molecule has 110 valence electrons. The van der Waals surface area contributed by atoms with E-state index in [1.807, 2.05) is 0 Å². The van der Waals surface area contributed by atoms with E-state index >= 15 is 0 Å². The van der Waals surface area contributed by atoms with E-state index in [4.69, 9.17) is 0 Å². The molecule has 3 aromatic rings. The summed E-state index contributed by atoms with van der Waals surface area (Å²) in [6.45, 7) is 2.23. The molecule has 0 bridgehead atoms. The van der Waals surface area contributed by atoms with Gasteiger partial charge in [-0.1, -0.05) is 91.0 Å². The predicted molar refractivity (Wildman–Crippen MR) is 97.1 cm³/mol. The van der Waals surface area contributed by atoms with Crippen LogP contribution >= 0.6 is 8.07 Å². The van der Waals surface area contributed by atoms with E-state index in [1.165, 1.54) is 16.2 Å². The van der Waals surface area contributed by atoms with Gasteiger partial charge in [-0.25, -0.2) is 0 Å². The van der Waals surface area contributed by atoms with Crippen LogP contribution in [0.4, 0.5) is 0 Å². The molecular weight excluding hydrogens is 285 g/mol. The zero-order chi connectivity index (χ0) is 15.2. The van der Waals surface area contributed by atoms with Gasteiger partial charge < -0.3 is 0 Å². The van der Waals surface area contributed by atoms with Gasteiger partial charge >= 0.3 is 0 Å². The summed E-state index contributed by atoms with van der Waals surface area (Å²) < 4.78 is 0. The summed E-state index contributed by atoms with van der Waals surface area (Å²) >= 11 is 0. The van der Waals surface area contributed by atoms with Gasteiger partial charge in [-0.05, 0) is 23.1 Å². The normalized spacial score (nSPS) is 12.3. The van der Waals surface area contributed by atoms with Crippen molar-refractivity contribution in [3.05, 3.63) is 96.6 Å². The van der Waals surface area contributed by atoms with Crippen LogP contribution in [0.1, 0.15) is 18.5 Å². The molecule has 0 saturated heterocycles. The fraction of sp³-hybridized carbons (Fsp3) is 0.100. The van der Waals surface area contributed by atoms with Gasteiger partial charge in [-0.3, -0.25) is 5.09 Å². The maximum atomic E-state index is 3.83. The van der Waals surface area contributed by atoms with E-state index < -0.39 is 8.07 Å². The van der Waals surface area contributed by atoms with Crippen LogP contribution in [-0.2, 0) is 0 Å². The largest absolute Gasteiger partial charge is 0.282 e. The molecule has 0 heterocycles. The van der Waals surface area contributed by atoms with Crippen LogP contribution in [0.25, 0.3) is 0 Å². The van der Waals surface area contributed by atoms with Crippen molar-refractivity contribution in [2.75, 3.05) is 0 Å². The average molecular weight is 305 g/mol. The molecule has 0 aliphatic heterocycles. The summed E-state index contributed by atoms with van der Waals surface area (Å²) in [7, 11) is -0.564. The Balaban J connectivity index is 1.90. The van der Waals surface area contributed by atoms with Crippen molar-refractivity contribution in [2.45, 2.75) is 13.0 Å². The van der Waals surface area contributed by atoms with E-state index in [0.29, 0.717) is 6.04 Å². The molecule has 0 amide bonds. The Kier molecular flexibility index (Phi) is 5.00. The number of hydrogen-bond acceptors (Lipinski definition) is 1. The number of benzene rings is 3. The molecule has 2 heteroatoms. The second-order valence-electron chi connectivity index (χ2n) is 5.27. The summed E-state index contributed by atoms with van der Waals surface area (Å²) in [5, 5.41) is 6.54.